The van der Waals surface area contributed by atoms with Crippen LogP contribution in [0.5, 0.6) is 0 Å². The topological polar surface area (TPSA) is 17.8 Å². The van der Waals surface area contributed by atoms with Crippen molar-refractivity contribution < 1.29 is 0 Å². The van der Waals surface area contributed by atoms with Crippen molar-refractivity contribution in [3.05, 3.63) is 18.0 Å². The Hall–Kier alpha value is -0.500. The van der Waals surface area contributed by atoms with Crippen LogP contribution in [0.3, 0.4) is 0 Å². The standard InChI is InChI=1S/C10H17ClN2/c1-3-6-13-8-10(7-12-13)5-4-9(2)11/h7-9H,3-6H2,1-2H3. The van der Waals surface area contributed by atoms with Gasteiger partial charge in [-0.1, -0.05) is 6.92 Å². The molecule has 3 heteroatoms. The molecule has 1 aromatic rings. The van der Waals surface area contributed by atoms with Crippen LogP contribution in [0, 0.1) is 0 Å². The van der Waals surface area contributed by atoms with Crippen LogP contribution in [0.2, 0.25) is 0 Å². The molecule has 0 aromatic carbocycles. The van der Waals surface area contributed by atoms with Crippen LogP contribution in [-0.2, 0) is 13.0 Å². The van der Waals surface area contributed by atoms with Crippen LogP contribution in [0.15, 0.2) is 12.4 Å². The van der Waals surface area contributed by atoms with Crippen molar-refractivity contribution in [2.45, 2.75) is 45.0 Å². The summed E-state index contributed by atoms with van der Waals surface area (Å²) in [6.45, 7) is 5.19. The number of halogens is 1. The van der Waals surface area contributed by atoms with Crippen molar-refractivity contribution in [2.75, 3.05) is 0 Å². The maximum absolute atomic E-state index is 5.87. The smallest absolute Gasteiger partial charge is 0.0521 e. The van der Waals surface area contributed by atoms with Crippen LogP contribution in [0.1, 0.15) is 32.3 Å². The summed E-state index contributed by atoms with van der Waals surface area (Å²) in [6.07, 6.45) is 7.25. The lowest BCUT2D eigenvalue weighted by molar-refractivity contribution is 0.602. The average Bonchev–Trinajstić information content (AvgIpc) is 2.50. The van der Waals surface area contributed by atoms with Gasteiger partial charge in [0.15, 0.2) is 0 Å². The number of alkyl halides is 1. The van der Waals surface area contributed by atoms with E-state index in [-0.39, 0.29) is 5.38 Å². The lowest BCUT2D eigenvalue weighted by Crippen LogP contribution is -1.96. The van der Waals surface area contributed by atoms with Gasteiger partial charge in [-0.2, -0.15) is 5.10 Å². The molecule has 0 aliphatic heterocycles. The molecule has 1 rings (SSSR count). The number of aromatic nitrogens is 2. The van der Waals surface area contributed by atoms with E-state index in [0.29, 0.717) is 0 Å². The Balaban J connectivity index is 2.39. The lowest BCUT2D eigenvalue weighted by atomic mass is 10.2. The van der Waals surface area contributed by atoms with Crippen molar-refractivity contribution in [1.29, 1.82) is 0 Å². The number of rotatable bonds is 5. The number of hydrogen-bond donors (Lipinski definition) is 0. The first-order valence-electron chi connectivity index (χ1n) is 4.87. The predicted molar refractivity (Wildman–Crippen MR) is 56.2 cm³/mol. The van der Waals surface area contributed by atoms with Gasteiger partial charge in [0.1, 0.15) is 0 Å². The van der Waals surface area contributed by atoms with Gasteiger partial charge in [0.2, 0.25) is 0 Å². The summed E-state index contributed by atoms with van der Waals surface area (Å²) in [5, 5.41) is 4.52. The third-order valence-corrected chi connectivity index (χ3v) is 2.19. The summed E-state index contributed by atoms with van der Waals surface area (Å²) in [5.41, 5.74) is 1.29. The zero-order valence-corrected chi connectivity index (χ0v) is 9.09. The Labute approximate surface area is 84.9 Å². The van der Waals surface area contributed by atoms with Gasteiger partial charge in [-0.3, -0.25) is 4.68 Å². The summed E-state index contributed by atoms with van der Waals surface area (Å²) in [6, 6.07) is 0. The Bertz CT molecular complexity index is 243. The molecule has 0 aliphatic carbocycles. The van der Waals surface area contributed by atoms with Crippen LogP contribution >= 0.6 is 11.6 Å². The molecule has 0 N–H and O–H groups in total. The normalized spacial score (nSPS) is 13.2. The number of hydrogen-bond acceptors (Lipinski definition) is 1. The third-order valence-electron chi connectivity index (χ3n) is 1.97. The molecule has 0 amide bonds. The van der Waals surface area contributed by atoms with Gasteiger partial charge in [0.25, 0.3) is 0 Å². The summed E-state index contributed by atoms with van der Waals surface area (Å²) in [4.78, 5) is 0. The Morgan fingerprint density at radius 2 is 2.38 bits per heavy atom. The zero-order chi connectivity index (χ0) is 9.68. The molecule has 0 fully saturated rings. The summed E-state index contributed by atoms with van der Waals surface area (Å²) in [7, 11) is 0. The fourth-order valence-corrected chi connectivity index (χ4v) is 1.36. The van der Waals surface area contributed by atoms with Gasteiger partial charge < -0.3 is 0 Å². The molecular formula is C10H17ClN2. The van der Waals surface area contributed by atoms with Crippen LogP contribution in [0.4, 0.5) is 0 Å². The highest BCUT2D eigenvalue weighted by Gasteiger charge is 2.00. The molecule has 74 valence electrons. The van der Waals surface area contributed by atoms with E-state index in [1.54, 1.807) is 0 Å². The first-order valence-corrected chi connectivity index (χ1v) is 5.31. The van der Waals surface area contributed by atoms with Crippen LogP contribution < -0.4 is 0 Å². The number of aryl methyl sites for hydroxylation is 2. The second-order valence-electron chi connectivity index (χ2n) is 3.43. The van der Waals surface area contributed by atoms with Gasteiger partial charge in [0, 0.05) is 18.1 Å². The molecule has 2 nitrogen and oxygen atoms in total. The molecule has 0 bridgehead atoms. The van der Waals surface area contributed by atoms with Gasteiger partial charge >= 0.3 is 0 Å². The van der Waals surface area contributed by atoms with Crippen molar-refractivity contribution in [1.82, 2.24) is 9.78 Å². The second-order valence-corrected chi connectivity index (χ2v) is 4.18. The highest BCUT2D eigenvalue weighted by atomic mass is 35.5. The van der Waals surface area contributed by atoms with E-state index in [0.717, 1.165) is 25.8 Å². The minimum Gasteiger partial charge on any atom is -0.272 e. The first kappa shape index (κ1) is 10.6. The molecule has 0 aliphatic rings. The van der Waals surface area contributed by atoms with Crippen molar-refractivity contribution >= 4 is 11.6 Å². The molecule has 0 spiro atoms. The fourth-order valence-electron chi connectivity index (χ4n) is 1.25. The van der Waals surface area contributed by atoms with Gasteiger partial charge in [-0.25, -0.2) is 0 Å². The minimum absolute atomic E-state index is 0.259. The third kappa shape index (κ3) is 3.81. The Morgan fingerprint density at radius 3 is 3.00 bits per heavy atom. The molecule has 0 radical (unpaired) electrons. The van der Waals surface area contributed by atoms with Gasteiger partial charge in [-0.05, 0) is 31.7 Å². The minimum atomic E-state index is 0.259. The lowest BCUT2D eigenvalue weighted by Gasteiger charge is -1.99. The van der Waals surface area contributed by atoms with E-state index < -0.39 is 0 Å². The maximum Gasteiger partial charge on any atom is 0.0521 e. The van der Waals surface area contributed by atoms with Gasteiger partial charge in [0.05, 0.1) is 6.20 Å². The predicted octanol–water partition coefficient (Wildman–Crippen LogP) is 2.85. The molecule has 0 saturated carbocycles. The van der Waals surface area contributed by atoms with E-state index >= 15 is 0 Å². The molecular weight excluding hydrogens is 184 g/mol. The molecule has 1 unspecified atom stereocenters. The molecule has 0 saturated heterocycles. The fraction of sp³-hybridized carbons (Fsp3) is 0.700. The first-order chi connectivity index (χ1) is 6.22. The monoisotopic (exact) mass is 200 g/mol. The van der Waals surface area contributed by atoms with Crippen molar-refractivity contribution in [3.8, 4) is 0 Å². The largest absolute Gasteiger partial charge is 0.272 e. The molecule has 1 aromatic heterocycles. The van der Waals surface area contributed by atoms with E-state index in [2.05, 4.69) is 18.2 Å². The van der Waals surface area contributed by atoms with Gasteiger partial charge in [-0.15, -0.1) is 11.6 Å². The summed E-state index contributed by atoms with van der Waals surface area (Å²) in [5.74, 6) is 0. The van der Waals surface area contributed by atoms with Crippen LogP contribution in [-0.4, -0.2) is 15.2 Å². The average molecular weight is 201 g/mol. The molecule has 1 heterocycles. The highest BCUT2D eigenvalue weighted by Crippen LogP contribution is 2.08. The van der Waals surface area contributed by atoms with E-state index in [4.69, 9.17) is 11.6 Å². The van der Waals surface area contributed by atoms with Crippen LogP contribution in [0.25, 0.3) is 0 Å². The second kappa shape index (κ2) is 5.28. The van der Waals surface area contributed by atoms with E-state index in [1.807, 2.05) is 17.8 Å². The number of nitrogens with zero attached hydrogens (tertiary/aromatic N) is 2. The molecule has 1 atom stereocenters. The van der Waals surface area contributed by atoms with E-state index in [9.17, 15) is 0 Å². The van der Waals surface area contributed by atoms with Crippen molar-refractivity contribution in [2.24, 2.45) is 0 Å². The Morgan fingerprint density at radius 1 is 1.62 bits per heavy atom. The molecule has 13 heavy (non-hydrogen) atoms. The zero-order valence-electron chi connectivity index (χ0n) is 8.33. The Kier molecular flexibility index (Phi) is 4.29. The maximum atomic E-state index is 5.87. The van der Waals surface area contributed by atoms with E-state index in [1.165, 1.54) is 5.56 Å². The highest BCUT2D eigenvalue weighted by molar-refractivity contribution is 6.20. The SMILES string of the molecule is CCCn1cc(CCC(C)Cl)cn1. The summed E-state index contributed by atoms with van der Waals surface area (Å²) < 4.78 is 1.99. The summed E-state index contributed by atoms with van der Waals surface area (Å²) >= 11 is 5.87. The quantitative estimate of drug-likeness (QED) is 0.669. The van der Waals surface area contributed by atoms with Crippen molar-refractivity contribution in [3.63, 3.8) is 0 Å².